The first-order valence-corrected chi connectivity index (χ1v) is 10.5. The Morgan fingerprint density at radius 1 is 1.17 bits per heavy atom. The van der Waals surface area contributed by atoms with Crippen molar-refractivity contribution >= 4 is 63.6 Å². The summed E-state index contributed by atoms with van der Waals surface area (Å²) in [7, 11) is 2.98. The molecule has 0 fully saturated rings. The Kier molecular flexibility index (Phi) is 7.03. The highest BCUT2D eigenvalue weighted by Crippen LogP contribution is 2.45. The number of benzene rings is 1. The molecule has 0 saturated heterocycles. The van der Waals surface area contributed by atoms with E-state index < -0.39 is 10.8 Å². The molecule has 2 aromatic heterocycles. The van der Waals surface area contributed by atoms with Crippen molar-refractivity contribution in [2.75, 3.05) is 19.5 Å². The minimum Gasteiger partial charge on any atom is -0.493 e. The number of aromatic nitrogens is 1. The number of methoxy groups -OCH3 is 2. The lowest BCUT2D eigenvalue weighted by atomic mass is 10.2. The molecule has 2 heterocycles. The van der Waals surface area contributed by atoms with Crippen LogP contribution in [0, 0.1) is 10.1 Å². The minimum atomic E-state index is -0.560. The fraction of sp³-hybridized carbons (Fsp3) is 0.111. The number of carbonyl (C=O) groups is 1. The van der Waals surface area contributed by atoms with E-state index in [1.807, 2.05) is 0 Å². The van der Waals surface area contributed by atoms with Gasteiger partial charge in [-0.1, -0.05) is 35.0 Å². The standard InChI is InChI=1S/C18H13Cl2N3O5S2/c1-27-13-4-3-9(5-14(13)28-2)22-17(24)15-6-12(23(25)26)18(29-15)30-16-10(19)7-21-8-11(16)20/h3-8H,1-2H3,(H,22,24). The highest BCUT2D eigenvalue weighted by atomic mass is 35.5. The number of nitrogens with zero attached hydrogens (tertiary/aromatic N) is 2. The first kappa shape index (κ1) is 22.2. The maximum absolute atomic E-state index is 12.7. The molecule has 1 N–H and O–H groups in total. The number of rotatable bonds is 7. The normalized spacial score (nSPS) is 10.5. The molecule has 1 aromatic carbocycles. The molecule has 12 heteroatoms. The van der Waals surface area contributed by atoms with Crippen molar-refractivity contribution < 1.29 is 19.2 Å². The molecule has 30 heavy (non-hydrogen) atoms. The van der Waals surface area contributed by atoms with Gasteiger partial charge < -0.3 is 14.8 Å². The highest BCUT2D eigenvalue weighted by Gasteiger charge is 2.25. The molecule has 0 spiro atoms. The molecule has 0 aliphatic carbocycles. The molecule has 0 saturated carbocycles. The number of anilines is 1. The van der Waals surface area contributed by atoms with Crippen LogP contribution in [0.2, 0.25) is 10.0 Å². The molecule has 0 unspecified atom stereocenters. The summed E-state index contributed by atoms with van der Waals surface area (Å²) >= 11 is 14.2. The van der Waals surface area contributed by atoms with Crippen LogP contribution < -0.4 is 14.8 Å². The fourth-order valence-electron chi connectivity index (χ4n) is 2.37. The Morgan fingerprint density at radius 3 is 2.43 bits per heavy atom. The van der Waals surface area contributed by atoms with Gasteiger partial charge in [0, 0.05) is 30.2 Å². The van der Waals surface area contributed by atoms with Crippen molar-refractivity contribution in [2.45, 2.75) is 9.10 Å². The van der Waals surface area contributed by atoms with Crippen LogP contribution >= 0.6 is 46.3 Å². The topological polar surface area (TPSA) is 104 Å². The number of nitrogens with one attached hydrogen (secondary N) is 1. The molecule has 3 aromatic rings. The van der Waals surface area contributed by atoms with Crippen molar-refractivity contribution in [3.8, 4) is 11.5 Å². The predicted octanol–water partition coefficient (Wildman–Crippen LogP) is 5.78. The Hall–Kier alpha value is -2.53. The van der Waals surface area contributed by atoms with Crippen LogP contribution in [0.15, 0.2) is 45.8 Å². The molecule has 3 rings (SSSR count). The summed E-state index contributed by atoms with van der Waals surface area (Å²) in [5.41, 5.74) is 0.231. The van der Waals surface area contributed by atoms with Gasteiger partial charge in [0.1, 0.15) is 9.09 Å². The lowest BCUT2D eigenvalue weighted by Gasteiger charge is -2.10. The zero-order chi connectivity index (χ0) is 21.8. The second kappa shape index (κ2) is 9.52. The van der Waals surface area contributed by atoms with Gasteiger partial charge in [-0.25, -0.2) is 0 Å². The Morgan fingerprint density at radius 2 is 1.83 bits per heavy atom. The third-order valence-electron chi connectivity index (χ3n) is 3.75. The maximum Gasteiger partial charge on any atom is 0.294 e. The van der Waals surface area contributed by atoms with Crippen LogP contribution in [0.3, 0.4) is 0 Å². The van der Waals surface area contributed by atoms with Crippen molar-refractivity contribution in [1.29, 1.82) is 0 Å². The molecule has 8 nitrogen and oxygen atoms in total. The highest BCUT2D eigenvalue weighted by molar-refractivity contribution is 8.01. The minimum absolute atomic E-state index is 0.153. The second-order valence-electron chi connectivity index (χ2n) is 5.60. The third kappa shape index (κ3) is 4.78. The Balaban J connectivity index is 1.89. The van der Waals surface area contributed by atoms with Crippen molar-refractivity contribution in [1.82, 2.24) is 4.98 Å². The summed E-state index contributed by atoms with van der Waals surface area (Å²) in [6.45, 7) is 0. The molecule has 156 valence electrons. The van der Waals surface area contributed by atoms with Crippen molar-refractivity contribution in [2.24, 2.45) is 0 Å². The molecule has 0 atom stereocenters. The van der Waals surface area contributed by atoms with E-state index in [4.69, 9.17) is 32.7 Å². The molecular formula is C18H13Cl2N3O5S2. The maximum atomic E-state index is 12.7. The SMILES string of the molecule is COc1ccc(NC(=O)c2cc([N+](=O)[O-])c(Sc3c(Cl)cncc3Cl)s2)cc1OC. The number of carbonyl (C=O) groups excluding carboxylic acids is 1. The molecule has 0 bridgehead atoms. The number of halogens is 2. The average Bonchev–Trinajstić information content (AvgIpc) is 3.15. The number of ether oxygens (including phenoxy) is 2. The van der Waals surface area contributed by atoms with Crippen LogP contribution in [-0.2, 0) is 0 Å². The van der Waals surface area contributed by atoms with E-state index in [9.17, 15) is 14.9 Å². The zero-order valence-corrected chi connectivity index (χ0v) is 18.6. The van der Waals surface area contributed by atoms with Crippen LogP contribution in [0.25, 0.3) is 0 Å². The second-order valence-corrected chi connectivity index (χ2v) is 8.74. The van der Waals surface area contributed by atoms with E-state index in [1.165, 1.54) is 32.7 Å². The van der Waals surface area contributed by atoms with Gasteiger partial charge in [0.15, 0.2) is 11.5 Å². The van der Waals surface area contributed by atoms with E-state index in [2.05, 4.69) is 10.3 Å². The Labute approximate surface area is 189 Å². The summed E-state index contributed by atoms with van der Waals surface area (Å²) in [5.74, 6) is 0.437. The number of thiophene rings is 1. The lowest BCUT2D eigenvalue weighted by molar-refractivity contribution is -0.387. The summed E-state index contributed by atoms with van der Waals surface area (Å²) < 4.78 is 10.6. The molecule has 0 aliphatic rings. The van der Waals surface area contributed by atoms with E-state index in [-0.39, 0.29) is 24.8 Å². The third-order valence-corrected chi connectivity index (χ3v) is 7.00. The molecule has 0 radical (unpaired) electrons. The van der Waals surface area contributed by atoms with Gasteiger partial charge in [0.25, 0.3) is 11.6 Å². The number of nitro groups is 1. The average molecular weight is 486 g/mol. The van der Waals surface area contributed by atoms with Gasteiger partial charge in [-0.05, 0) is 12.1 Å². The molecule has 1 amide bonds. The monoisotopic (exact) mass is 485 g/mol. The van der Waals surface area contributed by atoms with E-state index in [0.717, 1.165) is 23.1 Å². The quantitative estimate of drug-likeness (QED) is 0.334. The van der Waals surface area contributed by atoms with Gasteiger partial charge in [-0.3, -0.25) is 19.9 Å². The fourth-order valence-corrected chi connectivity index (χ4v) is 5.13. The Bertz CT molecular complexity index is 1100. The first-order valence-electron chi connectivity index (χ1n) is 8.12. The predicted molar refractivity (Wildman–Crippen MR) is 117 cm³/mol. The van der Waals surface area contributed by atoms with Gasteiger partial charge in [-0.15, -0.1) is 11.3 Å². The van der Waals surface area contributed by atoms with Gasteiger partial charge in [0.05, 0.1) is 34.1 Å². The molecule has 0 aliphatic heterocycles. The number of amides is 1. The smallest absolute Gasteiger partial charge is 0.294 e. The van der Waals surface area contributed by atoms with Crippen LogP contribution in [-0.4, -0.2) is 30.0 Å². The zero-order valence-electron chi connectivity index (χ0n) is 15.5. The summed E-state index contributed by atoms with van der Waals surface area (Å²) in [6, 6.07) is 6.07. The van der Waals surface area contributed by atoms with Crippen LogP contribution in [0.4, 0.5) is 11.4 Å². The van der Waals surface area contributed by atoms with Crippen molar-refractivity contribution in [3.05, 3.63) is 61.7 Å². The van der Waals surface area contributed by atoms with Gasteiger partial charge in [-0.2, -0.15) is 0 Å². The van der Waals surface area contributed by atoms with Crippen LogP contribution in [0.1, 0.15) is 9.67 Å². The largest absolute Gasteiger partial charge is 0.493 e. The number of hydrogen-bond acceptors (Lipinski definition) is 8. The van der Waals surface area contributed by atoms with Crippen molar-refractivity contribution in [3.63, 3.8) is 0 Å². The van der Waals surface area contributed by atoms with Gasteiger partial charge >= 0.3 is 0 Å². The van der Waals surface area contributed by atoms with E-state index in [1.54, 1.807) is 18.2 Å². The van der Waals surface area contributed by atoms with Crippen LogP contribution in [0.5, 0.6) is 11.5 Å². The summed E-state index contributed by atoms with van der Waals surface area (Å²) in [6.07, 6.45) is 2.78. The first-order chi connectivity index (χ1) is 14.3. The lowest BCUT2D eigenvalue weighted by Crippen LogP contribution is -2.10. The number of pyridine rings is 1. The summed E-state index contributed by atoms with van der Waals surface area (Å²) in [5, 5.41) is 14.7. The van der Waals surface area contributed by atoms with E-state index >= 15 is 0 Å². The number of hydrogen-bond donors (Lipinski definition) is 1. The summed E-state index contributed by atoms with van der Waals surface area (Å²) in [4.78, 5) is 28.0. The molecular weight excluding hydrogens is 473 g/mol. The van der Waals surface area contributed by atoms with E-state index in [0.29, 0.717) is 22.1 Å². The van der Waals surface area contributed by atoms with Gasteiger partial charge in [0.2, 0.25) is 0 Å².